The number of nitrogens with one attached hydrogen (secondary N) is 1. The molecule has 4 rings (SSSR count). The van der Waals surface area contributed by atoms with Crippen molar-refractivity contribution in [2.24, 2.45) is 0 Å². The summed E-state index contributed by atoms with van der Waals surface area (Å²) in [6.07, 6.45) is 3.71. The number of aromatic nitrogens is 3. The van der Waals surface area contributed by atoms with E-state index in [-0.39, 0.29) is 17.9 Å². The molecule has 1 saturated heterocycles. The number of halogens is 1. The van der Waals surface area contributed by atoms with Gasteiger partial charge in [0.05, 0.1) is 12.6 Å². The number of fused-ring (bicyclic) bond motifs is 1. The number of H-pyrrole nitrogens is 1. The van der Waals surface area contributed by atoms with Crippen LogP contribution in [0.5, 0.6) is 6.01 Å². The zero-order chi connectivity index (χ0) is 15.6. The molecule has 3 aromatic rings. The Bertz CT molecular complexity index is 817. The van der Waals surface area contributed by atoms with Gasteiger partial charge in [-0.05, 0) is 30.9 Å². The molecule has 3 N–H and O–H groups in total. The number of rotatable bonds is 3. The van der Waals surface area contributed by atoms with Gasteiger partial charge in [-0.25, -0.2) is 0 Å². The van der Waals surface area contributed by atoms with Crippen LogP contribution in [0.1, 0.15) is 19.3 Å². The van der Waals surface area contributed by atoms with Crippen molar-refractivity contribution in [3.05, 3.63) is 36.4 Å². The number of hydrogen-bond donors (Lipinski definition) is 1. The standard InChI is InChI=1S/C18H20N4O.ClH.H2O/c1-23-18-20-15-12-14(13-8-4-2-5-9-13)19-16(15)17(21-18)22-10-6-3-7-11-22;;/h2,4-5,8-9,12,19H,3,6-7,10-11H2,1H3;1H;1H2. The molecule has 1 aliphatic heterocycles. The van der Waals surface area contributed by atoms with E-state index in [2.05, 4.69) is 38.1 Å². The minimum atomic E-state index is 0. The third-order valence-corrected chi connectivity index (χ3v) is 4.36. The molecular formula is C18H23ClN4O2. The van der Waals surface area contributed by atoms with E-state index in [0.717, 1.165) is 41.2 Å². The summed E-state index contributed by atoms with van der Waals surface area (Å²) in [7, 11) is 1.62. The Morgan fingerprint density at radius 2 is 1.76 bits per heavy atom. The van der Waals surface area contributed by atoms with Crippen LogP contribution in [0.2, 0.25) is 0 Å². The zero-order valence-corrected chi connectivity index (χ0v) is 15.0. The van der Waals surface area contributed by atoms with Crippen molar-refractivity contribution in [1.29, 1.82) is 0 Å². The SMILES string of the molecule is COc1nc(N2CCCCC2)c2[nH]c(-c3ccccc3)cc2n1.Cl.O. The van der Waals surface area contributed by atoms with E-state index in [1.165, 1.54) is 19.3 Å². The summed E-state index contributed by atoms with van der Waals surface area (Å²) in [5.41, 5.74) is 4.10. The third kappa shape index (κ3) is 3.70. The second-order valence-corrected chi connectivity index (χ2v) is 5.89. The highest BCUT2D eigenvalue weighted by atomic mass is 35.5. The second kappa shape index (κ2) is 8.18. The maximum Gasteiger partial charge on any atom is 0.318 e. The molecule has 0 radical (unpaired) electrons. The number of benzene rings is 1. The number of ether oxygens (including phenoxy) is 1. The lowest BCUT2D eigenvalue weighted by Gasteiger charge is -2.28. The Morgan fingerprint density at radius 3 is 2.44 bits per heavy atom. The average molecular weight is 363 g/mol. The van der Waals surface area contributed by atoms with Gasteiger partial charge in [0.25, 0.3) is 0 Å². The zero-order valence-electron chi connectivity index (χ0n) is 14.2. The van der Waals surface area contributed by atoms with Crippen molar-refractivity contribution in [3.8, 4) is 17.3 Å². The maximum absolute atomic E-state index is 5.31. The van der Waals surface area contributed by atoms with E-state index < -0.39 is 0 Å². The van der Waals surface area contributed by atoms with Gasteiger partial charge >= 0.3 is 6.01 Å². The summed E-state index contributed by atoms with van der Waals surface area (Å²) in [6.45, 7) is 2.07. The molecular weight excluding hydrogens is 340 g/mol. The number of piperidine rings is 1. The van der Waals surface area contributed by atoms with Crippen LogP contribution in [0.4, 0.5) is 5.82 Å². The molecule has 1 aliphatic rings. The van der Waals surface area contributed by atoms with Crippen molar-refractivity contribution in [2.45, 2.75) is 19.3 Å². The minimum absolute atomic E-state index is 0. The lowest BCUT2D eigenvalue weighted by atomic mass is 10.1. The normalized spacial score (nSPS) is 13.9. The molecule has 0 atom stereocenters. The smallest absolute Gasteiger partial charge is 0.318 e. The van der Waals surface area contributed by atoms with Gasteiger partial charge in [0.15, 0.2) is 5.82 Å². The number of hydrogen-bond acceptors (Lipinski definition) is 4. The van der Waals surface area contributed by atoms with Gasteiger partial charge in [0, 0.05) is 18.8 Å². The first kappa shape index (κ1) is 19.0. The molecule has 0 unspecified atom stereocenters. The van der Waals surface area contributed by atoms with Gasteiger partial charge in [-0.15, -0.1) is 12.4 Å². The predicted molar refractivity (Wildman–Crippen MR) is 103 cm³/mol. The van der Waals surface area contributed by atoms with Crippen LogP contribution < -0.4 is 9.64 Å². The van der Waals surface area contributed by atoms with Crippen LogP contribution in [-0.2, 0) is 0 Å². The highest BCUT2D eigenvalue weighted by molar-refractivity contribution is 5.91. The van der Waals surface area contributed by atoms with E-state index in [4.69, 9.17) is 4.74 Å². The molecule has 0 amide bonds. The molecule has 2 aromatic heterocycles. The first-order chi connectivity index (χ1) is 11.3. The average Bonchev–Trinajstić information content (AvgIpc) is 3.06. The largest absolute Gasteiger partial charge is 0.467 e. The number of methoxy groups -OCH3 is 1. The summed E-state index contributed by atoms with van der Waals surface area (Å²) in [4.78, 5) is 15.0. The van der Waals surface area contributed by atoms with Crippen LogP contribution in [0, 0.1) is 0 Å². The lowest BCUT2D eigenvalue weighted by molar-refractivity contribution is 0.381. The molecule has 0 aliphatic carbocycles. The summed E-state index contributed by atoms with van der Waals surface area (Å²) >= 11 is 0. The van der Waals surface area contributed by atoms with Crippen LogP contribution in [0.25, 0.3) is 22.3 Å². The van der Waals surface area contributed by atoms with Gasteiger partial charge in [-0.2, -0.15) is 9.97 Å². The quantitative estimate of drug-likeness (QED) is 0.775. The Kier molecular flexibility index (Phi) is 6.22. The van der Waals surface area contributed by atoms with Gasteiger partial charge < -0.3 is 20.1 Å². The number of nitrogens with zero attached hydrogens (tertiary/aromatic N) is 3. The fraction of sp³-hybridized carbons (Fsp3) is 0.333. The van der Waals surface area contributed by atoms with Gasteiger partial charge in [0.2, 0.25) is 0 Å². The molecule has 1 fully saturated rings. The van der Waals surface area contributed by atoms with E-state index in [9.17, 15) is 0 Å². The fourth-order valence-corrected chi connectivity index (χ4v) is 3.18. The van der Waals surface area contributed by atoms with Gasteiger partial charge in [-0.1, -0.05) is 30.3 Å². The molecule has 6 nitrogen and oxygen atoms in total. The van der Waals surface area contributed by atoms with Crippen LogP contribution in [-0.4, -0.2) is 40.6 Å². The highest BCUT2D eigenvalue weighted by Gasteiger charge is 2.19. The van der Waals surface area contributed by atoms with Gasteiger partial charge in [-0.3, -0.25) is 0 Å². The number of aromatic amines is 1. The molecule has 0 saturated carbocycles. The Labute approximate surface area is 153 Å². The Balaban J connectivity index is 0.00000113. The Morgan fingerprint density at radius 1 is 1.04 bits per heavy atom. The van der Waals surface area contributed by atoms with Gasteiger partial charge in [0.1, 0.15) is 5.52 Å². The summed E-state index contributed by atoms with van der Waals surface area (Å²) < 4.78 is 5.31. The Hall–Kier alpha value is -2.31. The first-order valence-corrected chi connectivity index (χ1v) is 8.10. The maximum atomic E-state index is 5.31. The molecule has 7 heteroatoms. The second-order valence-electron chi connectivity index (χ2n) is 5.89. The van der Waals surface area contributed by atoms with Crippen molar-refractivity contribution < 1.29 is 10.2 Å². The molecule has 3 heterocycles. The molecule has 1 aromatic carbocycles. The van der Waals surface area contributed by atoms with Crippen molar-refractivity contribution >= 4 is 29.3 Å². The van der Waals surface area contributed by atoms with Crippen LogP contribution >= 0.6 is 12.4 Å². The van der Waals surface area contributed by atoms with Crippen LogP contribution in [0.3, 0.4) is 0 Å². The van der Waals surface area contributed by atoms with Crippen molar-refractivity contribution in [2.75, 3.05) is 25.1 Å². The summed E-state index contributed by atoms with van der Waals surface area (Å²) in [5.74, 6) is 0.953. The van der Waals surface area contributed by atoms with E-state index in [1.54, 1.807) is 7.11 Å². The van der Waals surface area contributed by atoms with Crippen molar-refractivity contribution in [1.82, 2.24) is 15.0 Å². The fourth-order valence-electron chi connectivity index (χ4n) is 3.18. The van der Waals surface area contributed by atoms with E-state index >= 15 is 0 Å². The minimum Gasteiger partial charge on any atom is -0.467 e. The van der Waals surface area contributed by atoms with Crippen molar-refractivity contribution in [3.63, 3.8) is 0 Å². The lowest BCUT2D eigenvalue weighted by Crippen LogP contribution is -2.30. The van der Waals surface area contributed by atoms with Crippen LogP contribution in [0.15, 0.2) is 36.4 Å². The van der Waals surface area contributed by atoms with E-state index in [1.807, 2.05) is 18.2 Å². The molecule has 0 spiro atoms. The number of anilines is 1. The molecule has 0 bridgehead atoms. The predicted octanol–water partition coefficient (Wildman–Crippen LogP) is 3.22. The highest BCUT2D eigenvalue weighted by Crippen LogP contribution is 2.31. The third-order valence-electron chi connectivity index (χ3n) is 4.36. The monoisotopic (exact) mass is 362 g/mol. The summed E-state index contributed by atoms with van der Waals surface area (Å²) in [5, 5.41) is 0. The van der Waals surface area contributed by atoms with E-state index in [0.29, 0.717) is 6.01 Å². The summed E-state index contributed by atoms with van der Waals surface area (Å²) in [6, 6.07) is 12.8. The topological polar surface area (TPSA) is 85.5 Å². The molecule has 25 heavy (non-hydrogen) atoms. The molecule has 134 valence electrons. The first-order valence-electron chi connectivity index (χ1n) is 8.10.